The van der Waals surface area contributed by atoms with Crippen LogP contribution in [0, 0.1) is 0 Å². The summed E-state index contributed by atoms with van der Waals surface area (Å²) in [4.78, 5) is 39.6. The van der Waals surface area contributed by atoms with Crippen molar-refractivity contribution in [2.45, 2.75) is 13.3 Å². The number of carbonyl (C=O) groups is 3. The number of hydrogen-bond donors (Lipinski definition) is 0. The molecule has 5 nitrogen and oxygen atoms in total. The Kier molecular flexibility index (Phi) is 5.98. The van der Waals surface area contributed by atoms with Gasteiger partial charge in [-0.25, -0.2) is 0 Å². The Hall–Kier alpha value is -4.51. The van der Waals surface area contributed by atoms with E-state index in [1.807, 2.05) is 66.7 Å². The number of amides is 1. The van der Waals surface area contributed by atoms with Crippen molar-refractivity contribution in [3.63, 3.8) is 0 Å². The molecule has 5 rings (SSSR count). The molecule has 0 fully saturated rings. The fourth-order valence-corrected chi connectivity index (χ4v) is 4.49. The molecule has 3 aliphatic rings. The molecule has 1 aliphatic carbocycles. The molecule has 0 saturated carbocycles. The lowest BCUT2D eigenvalue weighted by molar-refractivity contribution is -0.142. The molecule has 0 saturated heterocycles. The van der Waals surface area contributed by atoms with E-state index in [1.165, 1.54) is 12.2 Å². The number of hydrogen-bond acceptors (Lipinski definition) is 4. The number of rotatable bonds is 5. The molecule has 2 aromatic rings. The molecule has 1 amide bonds. The van der Waals surface area contributed by atoms with Crippen LogP contribution in [0.25, 0.3) is 11.1 Å². The molecule has 0 spiro atoms. The van der Waals surface area contributed by atoms with Gasteiger partial charge in [0.1, 0.15) is 0 Å². The van der Waals surface area contributed by atoms with Gasteiger partial charge in [-0.2, -0.15) is 0 Å². The molecular formula is C30H23NO4. The number of esters is 1. The van der Waals surface area contributed by atoms with Crippen LogP contribution in [0.15, 0.2) is 120 Å². The van der Waals surface area contributed by atoms with E-state index < -0.39 is 0 Å². The van der Waals surface area contributed by atoms with Crippen molar-refractivity contribution in [2.24, 2.45) is 0 Å². The number of nitrogens with zero attached hydrogens (tertiary/aromatic N) is 1. The molecule has 172 valence electrons. The Morgan fingerprint density at radius 3 is 2.03 bits per heavy atom. The van der Waals surface area contributed by atoms with Crippen LogP contribution < -0.4 is 0 Å². The highest BCUT2D eigenvalue weighted by atomic mass is 16.5. The third-order valence-electron chi connectivity index (χ3n) is 6.04. The second-order valence-corrected chi connectivity index (χ2v) is 8.26. The van der Waals surface area contributed by atoms with Gasteiger partial charge >= 0.3 is 5.97 Å². The Morgan fingerprint density at radius 1 is 0.829 bits per heavy atom. The summed E-state index contributed by atoms with van der Waals surface area (Å²) in [6.07, 6.45) is 10.2. The number of carbonyl (C=O) groups excluding carboxylic acids is 3. The highest BCUT2D eigenvalue weighted by Gasteiger charge is 2.38. The molecule has 2 aliphatic heterocycles. The number of benzene rings is 2. The summed E-state index contributed by atoms with van der Waals surface area (Å²) >= 11 is 0. The summed E-state index contributed by atoms with van der Waals surface area (Å²) in [5.74, 6) is -0.626. The van der Waals surface area contributed by atoms with Crippen molar-refractivity contribution >= 4 is 28.8 Å². The minimum absolute atomic E-state index is 0.0111. The maximum atomic E-state index is 13.8. The normalized spacial score (nSPS) is 17.0. The van der Waals surface area contributed by atoms with E-state index in [-0.39, 0.29) is 30.7 Å². The molecular weight excluding hydrogens is 438 g/mol. The second kappa shape index (κ2) is 9.39. The van der Waals surface area contributed by atoms with E-state index in [9.17, 15) is 14.4 Å². The number of ether oxygens (including phenoxy) is 1. The maximum absolute atomic E-state index is 13.8. The van der Waals surface area contributed by atoms with Gasteiger partial charge in [0.05, 0.1) is 24.3 Å². The lowest BCUT2D eigenvalue weighted by atomic mass is 9.89. The van der Waals surface area contributed by atoms with Gasteiger partial charge in [-0.05, 0) is 53.0 Å². The van der Waals surface area contributed by atoms with Crippen molar-refractivity contribution in [1.29, 1.82) is 0 Å². The number of fused-ring (bicyclic) bond motifs is 1. The van der Waals surface area contributed by atoms with E-state index in [0.717, 1.165) is 33.5 Å². The van der Waals surface area contributed by atoms with Crippen LogP contribution in [0.3, 0.4) is 0 Å². The van der Waals surface area contributed by atoms with Crippen molar-refractivity contribution in [3.05, 3.63) is 131 Å². The molecule has 0 N–H and O–H groups in total. The van der Waals surface area contributed by atoms with Crippen LogP contribution >= 0.6 is 0 Å². The van der Waals surface area contributed by atoms with Crippen LogP contribution in [0.4, 0.5) is 0 Å². The number of allylic oxidation sites excluding steroid dienone is 8. The summed E-state index contributed by atoms with van der Waals surface area (Å²) in [5.41, 5.74) is 6.13. The zero-order chi connectivity index (χ0) is 24.4. The molecule has 0 aromatic heterocycles. The first-order chi connectivity index (χ1) is 17.1. The first-order valence-corrected chi connectivity index (χ1v) is 11.5. The maximum Gasteiger partial charge on any atom is 0.310 e. The third kappa shape index (κ3) is 4.24. The lowest BCUT2D eigenvalue weighted by Gasteiger charge is -2.25. The molecule has 0 atom stereocenters. The van der Waals surface area contributed by atoms with Crippen molar-refractivity contribution < 1.29 is 19.1 Å². The largest absolute Gasteiger partial charge is 0.466 e. The zero-order valence-corrected chi connectivity index (χ0v) is 19.2. The minimum Gasteiger partial charge on any atom is -0.466 e. The quantitative estimate of drug-likeness (QED) is 0.577. The number of ketones is 1. The van der Waals surface area contributed by atoms with Crippen LogP contribution in [0.2, 0.25) is 0 Å². The van der Waals surface area contributed by atoms with Crippen LogP contribution in [0.5, 0.6) is 0 Å². The van der Waals surface area contributed by atoms with E-state index in [0.29, 0.717) is 11.1 Å². The fourth-order valence-electron chi connectivity index (χ4n) is 4.49. The minimum atomic E-state index is -0.375. The second-order valence-electron chi connectivity index (χ2n) is 8.26. The van der Waals surface area contributed by atoms with E-state index >= 15 is 0 Å². The van der Waals surface area contributed by atoms with Crippen molar-refractivity contribution in [1.82, 2.24) is 4.90 Å². The van der Waals surface area contributed by atoms with Crippen LogP contribution in [0.1, 0.15) is 24.5 Å². The van der Waals surface area contributed by atoms with Gasteiger partial charge < -0.3 is 4.74 Å². The van der Waals surface area contributed by atoms with Crippen LogP contribution in [-0.2, 0) is 19.1 Å². The average Bonchev–Trinajstić information content (AvgIpc) is 3.16. The first kappa shape index (κ1) is 22.3. The lowest BCUT2D eigenvalue weighted by Crippen LogP contribution is -2.24. The molecule has 0 unspecified atom stereocenters. The predicted molar refractivity (Wildman–Crippen MR) is 134 cm³/mol. The zero-order valence-electron chi connectivity index (χ0n) is 19.2. The molecule has 5 heteroatoms. The Bertz CT molecular complexity index is 1380. The first-order valence-electron chi connectivity index (χ1n) is 11.5. The summed E-state index contributed by atoms with van der Waals surface area (Å²) in [6.45, 7) is 2.03. The average molecular weight is 462 g/mol. The molecule has 0 bridgehead atoms. The van der Waals surface area contributed by atoms with Gasteiger partial charge in [0.25, 0.3) is 5.91 Å². The molecule has 2 heterocycles. The van der Waals surface area contributed by atoms with E-state index in [1.54, 1.807) is 30.2 Å². The smallest absolute Gasteiger partial charge is 0.310 e. The predicted octanol–water partition coefficient (Wildman–Crippen LogP) is 5.17. The fraction of sp³-hybridized carbons (Fsp3) is 0.100. The highest BCUT2D eigenvalue weighted by Crippen LogP contribution is 2.45. The summed E-state index contributed by atoms with van der Waals surface area (Å²) in [7, 11) is 0. The van der Waals surface area contributed by atoms with Crippen molar-refractivity contribution in [2.75, 3.05) is 6.61 Å². The van der Waals surface area contributed by atoms with E-state index in [2.05, 4.69) is 0 Å². The standard InChI is InChI=1S/C30H23NO4/c1-2-35-27(33)17-23-19-31-26(18-25(23)20-13-15-24(32)16-14-20)28(21-9-5-3-6-10-21)29(30(31)34)22-11-7-4-8-12-22/h3-16,18-19H,2,17H2,1H3. The molecule has 2 aromatic carbocycles. The van der Waals surface area contributed by atoms with E-state index in [4.69, 9.17) is 4.74 Å². The summed E-state index contributed by atoms with van der Waals surface area (Å²) in [5, 5.41) is 0. The van der Waals surface area contributed by atoms with Crippen molar-refractivity contribution in [3.8, 4) is 0 Å². The SMILES string of the molecule is CCOC(=O)CC1=CN2C(=O)C(c3ccccc3)=C(c3ccccc3)C2=CC1=C1C=CC(=O)C=C1. The molecule has 35 heavy (non-hydrogen) atoms. The Morgan fingerprint density at radius 2 is 1.43 bits per heavy atom. The van der Waals surface area contributed by atoms with Gasteiger partial charge in [-0.15, -0.1) is 0 Å². The van der Waals surface area contributed by atoms with Gasteiger partial charge in [0, 0.05) is 11.8 Å². The Balaban J connectivity index is 1.72. The topological polar surface area (TPSA) is 63.7 Å². The van der Waals surface area contributed by atoms with Gasteiger partial charge in [-0.3, -0.25) is 19.3 Å². The summed E-state index contributed by atoms with van der Waals surface area (Å²) in [6, 6.07) is 19.4. The van der Waals surface area contributed by atoms with Gasteiger partial charge in [0.2, 0.25) is 0 Å². The summed E-state index contributed by atoms with van der Waals surface area (Å²) < 4.78 is 5.19. The van der Waals surface area contributed by atoms with Crippen LogP contribution in [-0.4, -0.2) is 29.2 Å². The van der Waals surface area contributed by atoms with Gasteiger partial charge in [-0.1, -0.05) is 72.8 Å². The monoisotopic (exact) mass is 461 g/mol. The third-order valence-corrected chi connectivity index (χ3v) is 6.04. The molecule has 0 radical (unpaired) electrons. The Labute approximate surface area is 203 Å². The highest BCUT2D eigenvalue weighted by molar-refractivity contribution is 6.34. The van der Waals surface area contributed by atoms with Gasteiger partial charge in [0.15, 0.2) is 5.78 Å².